The summed E-state index contributed by atoms with van der Waals surface area (Å²) in [5.74, 6) is 1.48. The summed E-state index contributed by atoms with van der Waals surface area (Å²) >= 11 is 7.46. The van der Waals surface area contributed by atoms with Crippen LogP contribution in [0, 0.1) is 0 Å². The number of hydrogen-bond donors (Lipinski definition) is 1. The molecule has 2 amide bonds. The molecule has 0 aromatic heterocycles. The van der Waals surface area contributed by atoms with Gasteiger partial charge in [-0.05, 0) is 55.7 Å². The topological polar surface area (TPSA) is 58.6 Å². The molecule has 1 N–H and O–H groups in total. The zero-order chi connectivity index (χ0) is 22.8. The van der Waals surface area contributed by atoms with Gasteiger partial charge in [-0.15, -0.1) is 11.8 Å². The molecular weight excluding hydrogens is 432 g/mol. The van der Waals surface area contributed by atoms with Gasteiger partial charge in [-0.1, -0.05) is 42.8 Å². The zero-order valence-corrected chi connectivity index (χ0v) is 20.1. The molecule has 2 aromatic carbocycles. The molecule has 0 spiro atoms. The first-order chi connectivity index (χ1) is 14.8. The Morgan fingerprint density at radius 3 is 2.48 bits per heavy atom. The lowest BCUT2D eigenvalue weighted by atomic mass is 10.1. The van der Waals surface area contributed by atoms with Crippen molar-refractivity contribution in [1.82, 2.24) is 10.2 Å². The number of rotatable bonds is 11. The number of ether oxygens (including phenoxy) is 1. The van der Waals surface area contributed by atoms with Crippen molar-refractivity contribution in [2.45, 2.75) is 51.6 Å². The van der Waals surface area contributed by atoms with Crippen LogP contribution in [0.5, 0.6) is 5.75 Å². The molecular formula is C24H31ClN2O3S. The van der Waals surface area contributed by atoms with Gasteiger partial charge in [-0.2, -0.15) is 0 Å². The van der Waals surface area contributed by atoms with Crippen LogP contribution in [0.15, 0.2) is 48.5 Å². The van der Waals surface area contributed by atoms with Gasteiger partial charge in [0, 0.05) is 23.4 Å². The van der Waals surface area contributed by atoms with E-state index in [1.165, 1.54) is 11.8 Å². The van der Waals surface area contributed by atoms with Gasteiger partial charge in [0.15, 0.2) is 0 Å². The lowest BCUT2D eigenvalue weighted by Crippen LogP contribution is -2.50. The van der Waals surface area contributed by atoms with E-state index >= 15 is 0 Å². The van der Waals surface area contributed by atoms with Gasteiger partial charge in [0.1, 0.15) is 11.8 Å². The lowest BCUT2D eigenvalue weighted by Gasteiger charge is -2.29. The molecule has 0 saturated heterocycles. The van der Waals surface area contributed by atoms with Crippen LogP contribution < -0.4 is 10.1 Å². The summed E-state index contributed by atoms with van der Waals surface area (Å²) in [6, 6.07) is 14.6. The fourth-order valence-electron chi connectivity index (χ4n) is 2.94. The molecule has 168 valence electrons. The predicted octanol–water partition coefficient (Wildman–Crippen LogP) is 4.91. The molecule has 0 unspecified atom stereocenters. The van der Waals surface area contributed by atoms with Crippen molar-refractivity contribution in [2.75, 3.05) is 12.9 Å². The van der Waals surface area contributed by atoms with Crippen molar-refractivity contribution < 1.29 is 14.3 Å². The summed E-state index contributed by atoms with van der Waals surface area (Å²) in [5.41, 5.74) is 2.02. The molecule has 5 nitrogen and oxygen atoms in total. The summed E-state index contributed by atoms with van der Waals surface area (Å²) in [7, 11) is 1.61. The average Bonchev–Trinajstić information content (AvgIpc) is 2.78. The molecule has 31 heavy (non-hydrogen) atoms. The maximum Gasteiger partial charge on any atom is 0.242 e. The van der Waals surface area contributed by atoms with E-state index in [2.05, 4.69) is 5.32 Å². The van der Waals surface area contributed by atoms with Crippen LogP contribution >= 0.6 is 23.4 Å². The first-order valence-electron chi connectivity index (χ1n) is 10.4. The SMILES string of the molecule is CC[C@H](C)NC(=O)[C@@H](C)N(Cc1cccc(OC)c1)C(=O)CSCc1ccc(Cl)cc1. The van der Waals surface area contributed by atoms with Crippen molar-refractivity contribution in [1.29, 1.82) is 0 Å². The number of hydrogen-bond acceptors (Lipinski definition) is 4. The molecule has 2 rings (SSSR count). The van der Waals surface area contributed by atoms with Gasteiger partial charge in [0.2, 0.25) is 11.8 Å². The molecule has 0 heterocycles. The first-order valence-corrected chi connectivity index (χ1v) is 11.9. The highest BCUT2D eigenvalue weighted by Gasteiger charge is 2.26. The van der Waals surface area contributed by atoms with Crippen LogP contribution in [0.25, 0.3) is 0 Å². The number of carbonyl (C=O) groups excluding carboxylic acids is 2. The van der Waals surface area contributed by atoms with Crippen LogP contribution in [0.4, 0.5) is 0 Å². The highest BCUT2D eigenvalue weighted by Crippen LogP contribution is 2.19. The minimum Gasteiger partial charge on any atom is -0.497 e. The zero-order valence-electron chi connectivity index (χ0n) is 18.6. The maximum atomic E-state index is 13.1. The third kappa shape index (κ3) is 8.11. The van der Waals surface area contributed by atoms with Gasteiger partial charge in [0.25, 0.3) is 0 Å². The monoisotopic (exact) mass is 462 g/mol. The number of thioether (sulfide) groups is 1. The molecule has 2 aromatic rings. The Balaban J connectivity index is 2.09. The third-order valence-corrected chi connectivity index (χ3v) is 6.30. The number of amides is 2. The Kier molecular flexibility index (Phi) is 10.2. The summed E-state index contributed by atoms with van der Waals surface area (Å²) in [6.45, 7) is 6.09. The van der Waals surface area contributed by atoms with Crippen molar-refractivity contribution >= 4 is 35.2 Å². The molecule has 0 aliphatic carbocycles. The molecule has 0 radical (unpaired) electrons. The molecule has 0 fully saturated rings. The summed E-state index contributed by atoms with van der Waals surface area (Å²) in [6.07, 6.45) is 0.833. The lowest BCUT2D eigenvalue weighted by molar-refractivity contribution is -0.138. The van der Waals surface area contributed by atoms with Crippen molar-refractivity contribution in [3.8, 4) is 5.75 Å². The number of halogens is 1. The maximum absolute atomic E-state index is 13.1. The highest BCUT2D eigenvalue weighted by molar-refractivity contribution is 7.99. The van der Waals surface area contributed by atoms with Gasteiger partial charge in [-0.25, -0.2) is 0 Å². The minimum absolute atomic E-state index is 0.0583. The highest BCUT2D eigenvalue weighted by atomic mass is 35.5. The Labute approximate surface area is 194 Å². The number of nitrogens with one attached hydrogen (secondary N) is 1. The normalized spacial score (nSPS) is 12.7. The molecule has 0 bridgehead atoms. The van der Waals surface area contributed by atoms with Crippen LogP contribution in [0.2, 0.25) is 5.02 Å². The van der Waals surface area contributed by atoms with E-state index in [1.54, 1.807) is 18.9 Å². The molecule has 0 aliphatic rings. The van der Waals surface area contributed by atoms with E-state index in [1.807, 2.05) is 62.4 Å². The van der Waals surface area contributed by atoms with Gasteiger partial charge >= 0.3 is 0 Å². The van der Waals surface area contributed by atoms with E-state index in [9.17, 15) is 9.59 Å². The minimum atomic E-state index is -0.580. The Hall–Kier alpha value is -2.18. The number of nitrogens with zero attached hydrogens (tertiary/aromatic N) is 1. The van der Waals surface area contributed by atoms with Crippen molar-refractivity contribution in [3.63, 3.8) is 0 Å². The number of carbonyl (C=O) groups is 2. The summed E-state index contributed by atoms with van der Waals surface area (Å²) < 4.78 is 5.30. The summed E-state index contributed by atoms with van der Waals surface area (Å²) in [5, 5.41) is 3.67. The molecule has 2 atom stereocenters. The average molecular weight is 463 g/mol. The molecule has 0 aliphatic heterocycles. The van der Waals surface area contributed by atoms with E-state index in [0.29, 0.717) is 17.3 Å². The predicted molar refractivity (Wildman–Crippen MR) is 129 cm³/mol. The Bertz CT molecular complexity index is 860. The second kappa shape index (κ2) is 12.6. The van der Waals surface area contributed by atoms with E-state index in [0.717, 1.165) is 23.3 Å². The number of benzene rings is 2. The second-order valence-electron chi connectivity index (χ2n) is 7.49. The Morgan fingerprint density at radius 2 is 1.84 bits per heavy atom. The second-order valence-corrected chi connectivity index (χ2v) is 8.91. The van der Waals surface area contributed by atoms with E-state index < -0.39 is 6.04 Å². The quantitative estimate of drug-likeness (QED) is 0.515. The van der Waals surface area contributed by atoms with E-state index in [4.69, 9.17) is 16.3 Å². The van der Waals surface area contributed by atoms with E-state index in [-0.39, 0.29) is 23.6 Å². The Morgan fingerprint density at radius 1 is 1.13 bits per heavy atom. The molecule has 0 saturated carbocycles. The van der Waals surface area contributed by atoms with Crippen LogP contribution in [-0.4, -0.2) is 41.7 Å². The smallest absolute Gasteiger partial charge is 0.242 e. The van der Waals surface area contributed by atoms with Crippen molar-refractivity contribution in [2.24, 2.45) is 0 Å². The van der Waals surface area contributed by atoms with Gasteiger partial charge < -0.3 is 15.0 Å². The fourth-order valence-corrected chi connectivity index (χ4v) is 3.93. The first kappa shape index (κ1) is 25.1. The largest absolute Gasteiger partial charge is 0.497 e. The van der Waals surface area contributed by atoms with Crippen molar-refractivity contribution in [3.05, 3.63) is 64.7 Å². The number of methoxy groups -OCH3 is 1. The third-order valence-electron chi connectivity index (χ3n) is 5.06. The van der Waals surface area contributed by atoms with Gasteiger partial charge in [0.05, 0.1) is 12.9 Å². The van der Waals surface area contributed by atoms with Crippen LogP contribution in [-0.2, 0) is 21.9 Å². The van der Waals surface area contributed by atoms with Crippen LogP contribution in [0.3, 0.4) is 0 Å². The molecule has 7 heteroatoms. The summed E-state index contributed by atoms with van der Waals surface area (Å²) in [4.78, 5) is 27.5. The van der Waals surface area contributed by atoms with Crippen LogP contribution in [0.1, 0.15) is 38.3 Å². The standard InChI is InChI=1S/C24H31ClN2O3S/c1-5-17(2)26-24(29)18(3)27(14-20-7-6-8-22(13-20)30-4)23(28)16-31-15-19-9-11-21(25)12-10-19/h6-13,17-18H,5,14-16H2,1-4H3,(H,26,29)/t17-,18+/m0/s1. The fraction of sp³-hybridized carbons (Fsp3) is 0.417. The van der Waals surface area contributed by atoms with Gasteiger partial charge in [-0.3, -0.25) is 9.59 Å².